The van der Waals surface area contributed by atoms with Gasteiger partial charge in [0.25, 0.3) is 0 Å². The van der Waals surface area contributed by atoms with E-state index < -0.39 is 0 Å². The summed E-state index contributed by atoms with van der Waals surface area (Å²) in [4.78, 5) is 0. The average molecular weight is 168 g/mol. The van der Waals surface area contributed by atoms with Crippen molar-refractivity contribution < 1.29 is 4.74 Å². The maximum atomic E-state index is 5.48. The van der Waals surface area contributed by atoms with E-state index in [9.17, 15) is 0 Å². The highest BCUT2D eigenvalue weighted by molar-refractivity contribution is 5.27. The fourth-order valence-corrected chi connectivity index (χ4v) is 0.849. The smallest absolute Gasteiger partial charge is 0.235 e. The summed E-state index contributed by atoms with van der Waals surface area (Å²) < 4.78 is 5.48. The lowest BCUT2D eigenvalue weighted by Crippen LogP contribution is -2.05. The summed E-state index contributed by atoms with van der Waals surface area (Å²) in [5.74, 6) is 1.28. The second-order valence-electron chi connectivity index (χ2n) is 3.48. The van der Waals surface area contributed by atoms with Gasteiger partial charge in [-0.05, 0) is 19.8 Å². The molecule has 1 heterocycles. The zero-order valence-corrected chi connectivity index (χ0v) is 8.14. The first-order chi connectivity index (χ1) is 5.61. The van der Waals surface area contributed by atoms with Gasteiger partial charge in [-0.3, -0.25) is 5.10 Å². The van der Waals surface area contributed by atoms with Crippen LogP contribution in [0.2, 0.25) is 0 Å². The van der Waals surface area contributed by atoms with Crippen molar-refractivity contribution in [2.24, 2.45) is 5.92 Å². The maximum Gasteiger partial charge on any atom is 0.235 e. The first-order valence-electron chi connectivity index (χ1n) is 4.25. The Morgan fingerprint density at radius 1 is 1.42 bits per heavy atom. The fraction of sp³-hybridized carbons (Fsp3) is 0.667. The third kappa shape index (κ3) is 2.00. The monoisotopic (exact) mass is 168 g/mol. The normalized spacial score (nSPS) is 10.8. The van der Waals surface area contributed by atoms with Gasteiger partial charge < -0.3 is 4.74 Å². The molecule has 0 fully saturated rings. The zero-order chi connectivity index (χ0) is 9.14. The van der Waals surface area contributed by atoms with Crippen LogP contribution in [-0.2, 0) is 0 Å². The second kappa shape index (κ2) is 3.61. The van der Waals surface area contributed by atoms with Gasteiger partial charge in [0, 0.05) is 11.3 Å². The number of nitrogens with one attached hydrogen (secondary N) is 1. The first-order valence-corrected chi connectivity index (χ1v) is 4.25. The molecule has 0 aliphatic heterocycles. The fourth-order valence-electron chi connectivity index (χ4n) is 0.849. The SMILES string of the molecule is Cc1[nH]nc(OCC(C)C)c1C. The molecule has 1 aromatic heterocycles. The van der Waals surface area contributed by atoms with Gasteiger partial charge in [-0.1, -0.05) is 13.8 Å². The minimum absolute atomic E-state index is 0.543. The predicted molar refractivity (Wildman–Crippen MR) is 48.4 cm³/mol. The summed E-state index contributed by atoms with van der Waals surface area (Å²) in [5.41, 5.74) is 2.18. The van der Waals surface area contributed by atoms with Crippen molar-refractivity contribution in [1.29, 1.82) is 0 Å². The Bertz CT molecular complexity index is 253. The zero-order valence-electron chi connectivity index (χ0n) is 8.14. The lowest BCUT2D eigenvalue weighted by Gasteiger charge is -2.05. The topological polar surface area (TPSA) is 37.9 Å². The highest BCUT2D eigenvalue weighted by Gasteiger charge is 2.06. The number of aromatic nitrogens is 2. The number of rotatable bonds is 3. The number of H-pyrrole nitrogens is 1. The van der Waals surface area contributed by atoms with Crippen molar-refractivity contribution in [3.8, 4) is 5.88 Å². The third-order valence-electron chi connectivity index (χ3n) is 1.76. The summed E-state index contributed by atoms with van der Waals surface area (Å²) in [5, 5.41) is 6.93. The molecule has 0 atom stereocenters. The van der Waals surface area contributed by atoms with Crippen LogP contribution in [0.3, 0.4) is 0 Å². The molecule has 0 bridgehead atoms. The van der Waals surface area contributed by atoms with Crippen molar-refractivity contribution in [1.82, 2.24) is 10.2 Å². The Kier molecular flexibility index (Phi) is 2.74. The van der Waals surface area contributed by atoms with Gasteiger partial charge in [0.05, 0.1) is 6.61 Å². The number of aryl methyl sites for hydroxylation is 1. The molecule has 0 spiro atoms. The largest absolute Gasteiger partial charge is 0.476 e. The number of hydrogen-bond donors (Lipinski definition) is 1. The van der Waals surface area contributed by atoms with E-state index in [1.54, 1.807) is 0 Å². The number of nitrogens with zero attached hydrogens (tertiary/aromatic N) is 1. The Morgan fingerprint density at radius 3 is 2.50 bits per heavy atom. The molecule has 3 nitrogen and oxygen atoms in total. The molecule has 3 heteroatoms. The molecular formula is C9H16N2O. The number of aromatic amines is 1. The van der Waals surface area contributed by atoms with Crippen molar-refractivity contribution in [3.05, 3.63) is 11.3 Å². The molecule has 0 aliphatic carbocycles. The van der Waals surface area contributed by atoms with Gasteiger partial charge in [-0.15, -0.1) is 5.10 Å². The lowest BCUT2D eigenvalue weighted by molar-refractivity contribution is 0.259. The molecule has 1 rings (SSSR count). The first kappa shape index (κ1) is 9.10. The molecule has 0 aliphatic rings. The minimum atomic E-state index is 0.543. The van der Waals surface area contributed by atoms with Gasteiger partial charge >= 0.3 is 0 Å². The van der Waals surface area contributed by atoms with Crippen LogP contribution < -0.4 is 4.74 Å². The average Bonchev–Trinajstić information content (AvgIpc) is 2.30. The van der Waals surface area contributed by atoms with Crippen LogP contribution in [0.5, 0.6) is 5.88 Å². The van der Waals surface area contributed by atoms with E-state index in [4.69, 9.17) is 4.74 Å². The van der Waals surface area contributed by atoms with Crippen LogP contribution in [0.1, 0.15) is 25.1 Å². The Hall–Kier alpha value is -0.990. The van der Waals surface area contributed by atoms with Crippen molar-refractivity contribution in [2.45, 2.75) is 27.7 Å². The molecular weight excluding hydrogens is 152 g/mol. The molecule has 0 saturated carbocycles. The summed E-state index contributed by atoms with van der Waals surface area (Å²) in [6.07, 6.45) is 0. The Morgan fingerprint density at radius 2 is 2.08 bits per heavy atom. The van der Waals surface area contributed by atoms with Gasteiger partial charge in [0.1, 0.15) is 0 Å². The van der Waals surface area contributed by atoms with E-state index in [0.29, 0.717) is 5.92 Å². The quantitative estimate of drug-likeness (QED) is 0.750. The highest BCUT2D eigenvalue weighted by Crippen LogP contribution is 2.16. The van der Waals surface area contributed by atoms with E-state index in [0.717, 1.165) is 23.7 Å². The standard InChI is InChI=1S/C9H16N2O/c1-6(2)5-12-9-7(3)8(4)10-11-9/h6H,5H2,1-4H3,(H,10,11). The van der Waals surface area contributed by atoms with Crippen molar-refractivity contribution in [3.63, 3.8) is 0 Å². The molecule has 0 radical (unpaired) electrons. The highest BCUT2D eigenvalue weighted by atomic mass is 16.5. The van der Waals surface area contributed by atoms with Crippen molar-refractivity contribution >= 4 is 0 Å². The maximum absolute atomic E-state index is 5.48. The number of ether oxygens (including phenoxy) is 1. The molecule has 0 aromatic carbocycles. The van der Waals surface area contributed by atoms with E-state index in [1.807, 2.05) is 13.8 Å². The number of hydrogen-bond acceptors (Lipinski definition) is 2. The molecule has 1 aromatic rings. The van der Waals surface area contributed by atoms with E-state index in [2.05, 4.69) is 24.0 Å². The summed E-state index contributed by atoms with van der Waals surface area (Å²) in [6.45, 7) is 8.97. The predicted octanol–water partition coefficient (Wildman–Crippen LogP) is 2.06. The molecule has 12 heavy (non-hydrogen) atoms. The summed E-state index contributed by atoms with van der Waals surface area (Å²) in [7, 11) is 0. The Labute approximate surface area is 73.1 Å². The van der Waals surface area contributed by atoms with Gasteiger partial charge in [0.15, 0.2) is 0 Å². The van der Waals surface area contributed by atoms with Crippen LogP contribution in [0.4, 0.5) is 0 Å². The molecule has 1 N–H and O–H groups in total. The van der Waals surface area contributed by atoms with E-state index >= 15 is 0 Å². The van der Waals surface area contributed by atoms with Gasteiger partial charge in [-0.25, -0.2) is 0 Å². The van der Waals surface area contributed by atoms with Crippen molar-refractivity contribution in [2.75, 3.05) is 6.61 Å². The van der Waals surface area contributed by atoms with Crippen LogP contribution >= 0.6 is 0 Å². The lowest BCUT2D eigenvalue weighted by atomic mass is 10.2. The van der Waals surface area contributed by atoms with Gasteiger partial charge in [-0.2, -0.15) is 0 Å². The summed E-state index contributed by atoms with van der Waals surface area (Å²) >= 11 is 0. The van der Waals surface area contributed by atoms with Crippen LogP contribution in [0.15, 0.2) is 0 Å². The van der Waals surface area contributed by atoms with Crippen LogP contribution in [0, 0.1) is 19.8 Å². The van der Waals surface area contributed by atoms with Gasteiger partial charge in [0.2, 0.25) is 5.88 Å². The third-order valence-corrected chi connectivity index (χ3v) is 1.76. The van der Waals surface area contributed by atoms with Crippen LogP contribution in [0.25, 0.3) is 0 Å². The van der Waals surface area contributed by atoms with E-state index in [1.165, 1.54) is 0 Å². The molecule has 0 unspecified atom stereocenters. The minimum Gasteiger partial charge on any atom is -0.476 e. The van der Waals surface area contributed by atoms with Crippen LogP contribution in [-0.4, -0.2) is 16.8 Å². The second-order valence-corrected chi connectivity index (χ2v) is 3.48. The molecule has 0 amide bonds. The summed E-state index contributed by atoms with van der Waals surface area (Å²) in [6, 6.07) is 0. The molecule has 0 saturated heterocycles. The Balaban J connectivity index is 2.58. The van der Waals surface area contributed by atoms with E-state index in [-0.39, 0.29) is 0 Å². The molecule has 68 valence electrons.